The van der Waals surface area contributed by atoms with Crippen molar-refractivity contribution in [1.29, 1.82) is 0 Å². The molecule has 0 aliphatic carbocycles. The van der Waals surface area contributed by atoms with Crippen LogP contribution in [-0.2, 0) is 0 Å². The number of hydrogen-bond acceptors (Lipinski definition) is 8. The zero-order valence-electron chi connectivity index (χ0n) is 19.4. The zero-order chi connectivity index (χ0) is 24.4. The van der Waals surface area contributed by atoms with E-state index in [1.54, 1.807) is 12.4 Å². The summed E-state index contributed by atoms with van der Waals surface area (Å²) in [6.45, 7) is 5.19. The van der Waals surface area contributed by atoms with Crippen LogP contribution in [0.2, 0.25) is 10.0 Å². The number of aromatic nitrogens is 3. The number of fused-ring (bicyclic) bond motifs is 1. The highest BCUT2D eigenvalue weighted by Gasteiger charge is 2.33. The molecule has 0 amide bonds. The van der Waals surface area contributed by atoms with Crippen LogP contribution in [0.1, 0.15) is 37.1 Å². The summed E-state index contributed by atoms with van der Waals surface area (Å²) in [6.07, 6.45) is 8.70. The standard InChI is InChI=1S/C24H28Cl2N8O/c1-15(22-19(25)10-29-11-20(22)26)35-17-3-4-21-18(7-17)23(33-32-21)16-8-30-34(31-9-16)14-24(12-27)5-2-6-28-13-24/h3-4,7-11,15,28,30H,2,5-6,12-14,27H2,1H3,(H,32,33)/t15-,24?/m1/s1. The number of allylic oxidation sites excluding steroid dienone is 1. The molecule has 1 aromatic carbocycles. The van der Waals surface area contributed by atoms with Gasteiger partial charge in [0.15, 0.2) is 0 Å². The van der Waals surface area contributed by atoms with Gasteiger partial charge < -0.3 is 15.8 Å². The van der Waals surface area contributed by atoms with E-state index in [-0.39, 0.29) is 11.5 Å². The number of hydrogen-bond donors (Lipinski definition) is 4. The third-order valence-corrected chi connectivity index (χ3v) is 7.20. The molecule has 2 aromatic heterocycles. The van der Waals surface area contributed by atoms with Crippen LogP contribution < -0.4 is 21.2 Å². The second-order valence-electron chi connectivity index (χ2n) is 9.07. The second kappa shape index (κ2) is 10.0. The molecule has 5 rings (SSSR count). The Hall–Kier alpha value is -2.85. The Morgan fingerprint density at radius 2 is 2.09 bits per heavy atom. The van der Waals surface area contributed by atoms with Gasteiger partial charge in [-0.15, -0.1) is 0 Å². The molecule has 4 heterocycles. The summed E-state index contributed by atoms with van der Waals surface area (Å²) in [5.74, 6) is 0.675. The SMILES string of the molecule is C[C@@H](Oc1ccc2[nH]nc(C3=CNN(CC4(CN)CCCNC4)N=C3)c2c1)c1c(Cl)cncc1Cl. The molecule has 184 valence electrons. The Morgan fingerprint density at radius 3 is 2.77 bits per heavy atom. The molecule has 1 unspecified atom stereocenters. The Morgan fingerprint density at radius 1 is 1.26 bits per heavy atom. The maximum absolute atomic E-state index is 6.30. The number of nitrogens with two attached hydrogens (primary N) is 1. The monoisotopic (exact) mass is 514 g/mol. The fourth-order valence-corrected chi connectivity index (χ4v) is 5.32. The van der Waals surface area contributed by atoms with Crippen LogP contribution in [0, 0.1) is 5.41 Å². The third-order valence-electron chi connectivity index (χ3n) is 6.60. The van der Waals surface area contributed by atoms with Crippen LogP contribution in [0.4, 0.5) is 0 Å². The van der Waals surface area contributed by atoms with E-state index in [2.05, 4.69) is 31.0 Å². The van der Waals surface area contributed by atoms with E-state index in [4.69, 9.17) is 33.7 Å². The summed E-state index contributed by atoms with van der Waals surface area (Å²) in [4.78, 5) is 4.01. The van der Waals surface area contributed by atoms with Gasteiger partial charge in [-0.3, -0.25) is 15.5 Å². The van der Waals surface area contributed by atoms with Crippen LogP contribution in [0.25, 0.3) is 16.5 Å². The maximum atomic E-state index is 6.30. The van der Waals surface area contributed by atoms with Crippen LogP contribution in [0.15, 0.2) is 41.9 Å². The number of rotatable bonds is 7. The molecule has 35 heavy (non-hydrogen) atoms. The number of nitrogens with zero attached hydrogens (tertiary/aromatic N) is 4. The number of aromatic amines is 1. The van der Waals surface area contributed by atoms with E-state index in [0.717, 1.165) is 54.6 Å². The van der Waals surface area contributed by atoms with Gasteiger partial charge in [-0.1, -0.05) is 23.2 Å². The highest BCUT2D eigenvalue weighted by Crippen LogP contribution is 2.34. The zero-order valence-corrected chi connectivity index (χ0v) is 20.9. The van der Waals surface area contributed by atoms with Gasteiger partial charge in [0.1, 0.15) is 17.5 Å². The summed E-state index contributed by atoms with van der Waals surface area (Å²) in [7, 11) is 0. The van der Waals surface area contributed by atoms with Crippen molar-refractivity contribution in [3.05, 3.63) is 58.1 Å². The minimum atomic E-state index is -0.361. The lowest BCUT2D eigenvalue weighted by atomic mass is 9.81. The Bertz CT molecular complexity index is 1250. The van der Waals surface area contributed by atoms with Crippen LogP contribution in [-0.4, -0.2) is 52.7 Å². The average Bonchev–Trinajstić information content (AvgIpc) is 3.28. The normalized spacial score (nSPS) is 21.0. The van der Waals surface area contributed by atoms with E-state index < -0.39 is 0 Å². The smallest absolute Gasteiger partial charge is 0.124 e. The summed E-state index contributed by atoms with van der Waals surface area (Å²) < 4.78 is 6.17. The first-order valence-corrected chi connectivity index (χ1v) is 12.4. The summed E-state index contributed by atoms with van der Waals surface area (Å²) in [5.41, 5.74) is 12.6. The first-order valence-electron chi connectivity index (χ1n) is 11.6. The molecule has 2 aliphatic rings. The molecule has 0 radical (unpaired) electrons. The number of hydrazine groups is 1. The van der Waals surface area contributed by atoms with E-state index in [1.165, 1.54) is 0 Å². The highest BCUT2D eigenvalue weighted by molar-refractivity contribution is 6.35. The number of piperidine rings is 1. The molecule has 0 spiro atoms. The summed E-state index contributed by atoms with van der Waals surface area (Å²) in [5, 5.41) is 19.4. The van der Waals surface area contributed by atoms with Crippen LogP contribution in [0.5, 0.6) is 5.75 Å². The van der Waals surface area contributed by atoms with Crippen molar-refractivity contribution in [2.75, 3.05) is 26.2 Å². The average molecular weight is 515 g/mol. The third kappa shape index (κ3) is 4.95. The number of benzene rings is 1. The fraction of sp³-hybridized carbons (Fsp3) is 0.375. The lowest BCUT2D eigenvalue weighted by molar-refractivity contribution is 0.101. The Kier molecular flexibility index (Phi) is 6.84. The number of ether oxygens (including phenoxy) is 1. The molecule has 11 heteroatoms. The summed E-state index contributed by atoms with van der Waals surface area (Å²) >= 11 is 12.6. The van der Waals surface area contributed by atoms with Gasteiger partial charge in [-0.2, -0.15) is 10.2 Å². The van der Waals surface area contributed by atoms with Crippen molar-refractivity contribution in [2.24, 2.45) is 16.3 Å². The molecular weight excluding hydrogens is 487 g/mol. The van der Waals surface area contributed by atoms with Crippen molar-refractivity contribution in [1.82, 2.24) is 31.0 Å². The molecular formula is C24H28Cl2N8O. The molecule has 0 bridgehead atoms. The van der Waals surface area contributed by atoms with Gasteiger partial charge in [0, 0.05) is 53.6 Å². The van der Waals surface area contributed by atoms with E-state index >= 15 is 0 Å². The van der Waals surface area contributed by atoms with Gasteiger partial charge in [0.2, 0.25) is 0 Å². The molecule has 0 saturated carbocycles. The largest absolute Gasteiger partial charge is 0.486 e. The lowest BCUT2D eigenvalue weighted by Crippen LogP contribution is -2.52. The molecule has 9 nitrogen and oxygen atoms in total. The predicted octanol–water partition coefficient (Wildman–Crippen LogP) is 3.88. The molecule has 5 N–H and O–H groups in total. The van der Waals surface area contributed by atoms with Gasteiger partial charge in [-0.25, -0.2) is 5.12 Å². The molecule has 1 saturated heterocycles. The van der Waals surface area contributed by atoms with Crippen molar-refractivity contribution in [3.63, 3.8) is 0 Å². The first-order chi connectivity index (χ1) is 17.0. The van der Waals surface area contributed by atoms with Crippen molar-refractivity contribution in [2.45, 2.75) is 25.9 Å². The Balaban J connectivity index is 1.33. The topological polar surface area (TPSA) is 116 Å². The maximum Gasteiger partial charge on any atom is 0.124 e. The van der Waals surface area contributed by atoms with Crippen LogP contribution in [0.3, 0.4) is 0 Å². The Labute approximate surface area is 213 Å². The minimum Gasteiger partial charge on any atom is -0.486 e. The number of nitrogens with one attached hydrogen (secondary N) is 3. The fourth-order valence-electron chi connectivity index (χ4n) is 4.64. The van der Waals surface area contributed by atoms with Gasteiger partial charge >= 0.3 is 0 Å². The predicted molar refractivity (Wildman–Crippen MR) is 139 cm³/mol. The van der Waals surface area contributed by atoms with E-state index in [1.807, 2.05) is 42.7 Å². The minimum absolute atomic E-state index is 0.0104. The number of H-pyrrole nitrogens is 1. The quantitative estimate of drug-likeness (QED) is 0.377. The molecule has 3 aromatic rings. The van der Waals surface area contributed by atoms with Gasteiger partial charge in [-0.05, 0) is 44.5 Å². The molecule has 1 fully saturated rings. The first kappa shape index (κ1) is 23.9. The van der Waals surface area contributed by atoms with E-state index in [9.17, 15) is 0 Å². The highest BCUT2D eigenvalue weighted by atomic mass is 35.5. The van der Waals surface area contributed by atoms with Gasteiger partial charge in [0.05, 0.1) is 28.3 Å². The van der Waals surface area contributed by atoms with E-state index in [0.29, 0.717) is 27.9 Å². The van der Waals surface area contributed by atoms with Crippen molar-refractivity contribution < 1.29 is 4.74 Å². The lowest BCUT2D eigenvalue weighted by Gasteiger charge is -2.39. The molecule has 2 atom stereocenters. The number of hydrazone groups is 1. The van der Waals surface area contributed by atoms with Crippen molar-refractivity contribution in [3.8, 4) is 5.75 Å². The summed E-state index contributed by atoms with van der Waals surface area (Å²) in [6, 6.07) is 5.77. The van der Waals surface area contributed by atoms with Crippen LogP contribution >= 0.6 is 23.2 Å². The van der Waals surface area contributed by atoms with Crippen molar-refractivity contribution >= 4 is 45.9 Å². The second-order valence-corrected chi connectivity index (χ2v) is 9.89. The number of pyridine rings is 1. The molecule has 2 aliphatic heterocycles. The van der Waals surface area contributed by atoms with Gasteiger partial charge in [0.25, 0.3) is 0 Å². The number of halogens is 2.